The summed E-state index contributed by atoms with van der Waals surface area (Å²) in [7, 11) is 0. The van der Waals surface area contributed by atoms with Gasteiger partial charge in [-0.15, -0.1) is 0 Å². The molecule has 1 atom stereocenters. The molecule has 5 heteroatoms. The van der Waals surface area contributed by atoms with Crippen molar-refractivity contribution in [2.45, 2.75) is 26.5 Å². The molecule has 0 aromatic heterocycles. The molecular weight excluding hydrogens is 410 g/mol. The zero-order valence-electron chi connectivity index (χ0n) is 12.4. The van der Waals surface area contributed by atoms with Crippen molar-refractivity contribution in [1.82, 2.24) is 5.32 Å². The van der Waals surface area contributed by atoms with E-state index in [1.54, 1.807) is 6.92 Å². The molecule has 1 N–H and O–H groups in total. The van der Waals surface area contributed by atoms with Crippen molar-refractivity contribution >= 4 is 37.8 Å². The SMILES string of the molecule is Cc1ccc(CNC(=O)[C@H](C)Oc2ccc(Br)cc2Br)cc1. The Labute approximate surface area is 147 Å². The van der Waals surface area contributed by atoms with Crippen molar-refractivity contribution < 1.29 is 9.53 Å². The minimum Gasteiger partial charge on any atom is -0.480 e. The van der Waals surface area contributed by atoms with Crippen molar-refractivity contribution in [3.05, 3.63) is 62.5 Å². The number of aryl methyl sites for hydroxylation is 1. The third kappa shape index (κ3) is 4.85. The molecule has 0 aliphatic heterocycles. The Balaban J connectivity index is 1.90. The summed E-state index contributed by atoms with van der Waals surface area (Å²) in [6.45, 7) is 4.27. The number of hydrogen-bond acceptors (Lipinski definition) is 2. The zero-order chi connectivity index (χ0) is 16.1. The molecule has 2 aromatic carbocycles. The number of carbonyl (C=O) groups is 1. The van der Waals surface area contributed by atoms with Gasteiger partial charge in [0.1, 0.15) is 5.75 Å². The largest absolute Gasteiger partial charge is 0.480 e. The van der Waals surface area contributed by atoms with Gasteiger partial charge < -0.3 is 10.1 Å². The van der Waals surface area contributed by atoms with Gasteiger partial charge in [0.05, 0.1) is 4.47 Å². The fourth-order valence-corrected chi connectivity index (χ4v) is 2.99. The van der Waals surface area contributed by atoms with Crippen molar-refractivity contribution in [3.63, 3.8) is 0 Å². The molecule has 0 unspecified atom stereocenters. The van der Waals surface area contributed by atoms with Crippen molar-refractivity contribution in [3.8, 4) is 5.75 Å². The first-order valence-electron chi connectivity index (χ1n) is 6.90. The lowest BCUT2D eigenvalue weighted by Gasteiger charge is -2.16. The molecule has 0 aliphatic rings. The maximum absolute atomic E-state index is 12.1. The van der Waals surface area contributed by atoms with E-state index >= 15 is 0 Å². The second-order valence-corrected chi connectivity index (χ2v) is 6.81. The van der Waals surface area contributed by atoms with Crippen LogP contribution >= 0.6 is 31.9 Å². The molecule has 0 bridgehead atoms. The molecule has 2 rings (SSSR count). The fraction of sp³-hybridized carbons (Fsp3) is 0.235. The van der Waals surface area contributed by atoms with Crippen molar-refractivity contribution in [2.75, 3.05) is 0 Å². The Bertz CT molecular complexity index is 656. The third-order valence-corrected chi connectivity index (χ3v) is 4.27. The smallest absolute Gasteiger partial charge is 0.261 e. The van der Waals surface area contributed by atoms with Crippen LogP contribution < -0.4 is 10.1 Å². The van der Waals surface area contributed by atoms with Gasteiger partial charge in [-0.25, -0.2) is 0 Å². The van der Waals surface area contributed by atoms with E-state index in [4.69, 9.17) is 4.74 Å². The van der Waals surface area contributed by atoms with Crippen LogP contribution in [0.3, 0.4) is 0 Å². The second-order valence-electron chi connectivity index (χ2n) is 5.04. The molecule has 0 spiro atoms. The van der Waals surface area contributed by atoms with Crippen LogP contribution in [0.5, 0.6) is 5.75 Å². The molecule has 0 saturated carbocycles. The van der Waals surface area contributed by atoms with E-state index in [1.807, 2.05) is 49.4 Å². The maximum Gasteiger partial charge on any atom is 0.261 e. The lowest BCUT2D eigenvalue weighted by molar-refractivity contribution is -0.127. The maximum atomic E-state index is 12.1. The monoisotopic (exact) mass is 425 g/mol. The molecule has 116 valence electrons. The standard InChI is InChI=1S/C17H17Br2NO2/c1-11-3-5-13(6-4-11)10-20-17(21)12(2)22-16-8-7-14(18)9-15(16)19/h3-9,12H,10H2,1-2H3,(H,20,21)/t12-/m0/s1. The van der Waals surface area contributed by atoms with Crippen LogP contribution in [-0.4, -0.2) is 12.0 Å². The van der Waals surface area contributed by atoms with Crippen LogP contribution in [0.4, 0.5) is 0 Å². The van der Waals surface area contributed by atoms with E-state index in [9.17, 15) is 4.79 Å². The highest BCUT2D eigenvalue weighted by Gasteiger charge is 2.15. The molecule has 22 heavy (non-hydrogen) atoms. The van der Waals surface area contributed by atoms with Gasteiger partial charge in [-0.1, -0.05) is 45.8 Å². The minimum atomic E-state index is -0.567. The number of amides is 1. The highest BCUT2D eigenvalue weighted by atomic mass is 79.9. The number of ether oxygens (including phenoxy) is 1. The van der Waals surface area contributed by atoms with Crippen LogP contribution in [-0.2, 0) is 11.3 Å². The van der Waals surface area contributed by atoms with Crippen molar-refractivity contribution in [2.24, 2.45) is 0 Å². The Morgan fingerprint density at radius 3 is 2.50 bits per heavy atom. The number of rotatable bonds is 5. The van der Waals surface area contributed by atoms with E-state index in [2.05, 4.69) is 37.2 Å². The van der Waals surface area contributed by atoms with Gasteiger partial charge in [-0.2, -0.15) is 0 Å². The van der Waals surface area contributed by atoms with Crippen LogP contribution in [0.15, 0.2) is 51.4 Å². The molecular formula is C17H17Br2NO2. The summed E-state index contributed by atoms with van der Waals surface area (Å²) in [4.78, 5) is 12.1. The minimum absolute atomic E-state index is 0.143. The van der Waals surface area contributed by atoms with Crippen LogP contribution in [0.1, 0.15) is 18.1 Å². The lowest BCUT2D eigenvalue weighted by Crippen LogP contribution is -2.35. The van der Waals surface area contributed by atoms with Gasteiger partial charge in [0.15, 0.2) is 6.10 Å². The fourth-order valence-electron chi connectivity index (χ4n) is 1.85. The van der Waals surface area contributed by atoms with Gasteiger partial charge in [-0.3, -0.25) is 4.79 Å². The summed E-state index contributed by atoms with van der Waals surface area (Å²) >= 11 is 6.80. The van der Waals surface area contributed by atoms with Gasteiger partial charge >= 0.3 is 0 Å². The molecule has 0 aliphatic carbocycles. The van der Waals surface area contributed by atoms with Crippen LogP contribution in [0.25, 0.3) is 0 Å². The molecule has 0 heterocycles. The number of benzene rings is 2. The van der Waals surface area contributed by atoms with E-state index in [1.165, 1.54) is 5.56 Å². The Morgan fingerprint density at radius 1 is 1.18 bits per heavy atom. The molecule has 3 nitrogen and oxygen atoms in total. The lowest BCUT2D eigenvalue weighted by atomic mass is 10.1. The Kier molecular flexibility index (Phi) is 6.03. The predicted molar refractivity (Wildman–Crippen MR) is 95.0 cm³/mol. The average Bonchev–Trinajstić information content (AvgIpc) is 2.49. The van der Waals surface area contributed by atoms with Gasteiger partial charge in [0, 0.05) is 11.0 Å². The summed E-state index contributed by atoms with van der Waals surface area (Å²) in [5, 5.41) is 2.88. The molecule has 1 amide bonds. The molecule has 0 fully saturated rings. The normalized spacial score (nSPS) is 11.8. The van der Waals surface area contributed by atoms with Gasteiger partial charge in [-0.05, 0) is 53.5 Å². The highest BCUT2D eigenvalue weighted by molar-refractivity contribution is 9.11. The first-order chi connectivity index (χ1) is 10.5. The first kappa shape index (κ1) is 17.0. The van der Waals surface area contributed by atoms with Gasteiger partial charge in [0.25, 0.3) is 5.91 Å². The van der Waals surface area contributed by atoms with Crippen molar-refractivity contribution in [1.29, 1.82) is 0 Å². The summed E-state index contributed by atoms with van der Waals surface area (Å²) in [5.74, 6) is 0.497. The second kappa shape index (κ2) is 7.79. The van der Waals surface area contributed by atoms with E-state index in [0.29, 0.717) is 12.3 Å². The summed E-state index contributed by atoms with van der Waals surface area (Å²) in [6.07, 6.45) is -0.567. The number of nitrogens with one attached hydrogen (secondary N) is 1. The Morgan fingerprint density at radius 2 is 1.86 bits per heavy atom. The van der Waals surface area contributed by atoms with Crippen LogP contribution in [0.2, 0.25) is 0 Å². The average molecular weight is 427 g/mol. The predicted octanol–water partition coefficient (Wildman–Crippen LogP) is 4.60. The van der Waals surface area contributed by atoms with E-state index < -0.39 is 6.10 Å². The molecule has 2 aromatic rings. The van der Waals surface area contributed by atoms with E-state index in [-0.39, 0.29) is 5.91 Å². The first-order valence-corrected chi connectivity index (χ1v) is 8.49. The number of hydrogen-bond donors (Lipinski definition) is 1. The Hall–Kier alpha value is -1.33. The summed E-state index contributed by atoms with van der Waals surface area (Å²) in [5.41, 5.74) is 2.27. The summed E-state index contributed by atoms with van der Waals surface area (Å²) in [6, 6.07) is 13.6. The summed E-state index contributed by atoms with van der Waals surface area (Å²) < 4.78 is 7.44. The molecule has 0 radical (unpaired) electrons. The highest BCUT2D eigenvalue weighted by Crippen LogP contribution is 2.28. The van der Waals surface area contributed by atoms with Gasteiger partial charge in [0.2, 0.25) is 0 Å². The topological polar surface area (TPSA) is 38.3 Å². The van der Waals surface area contributed by atoms with E-state index in [0.717, 1.165) is 14.5 Å². The molecule has 0 saturated heterocycles. The number of halogens is 2. The zero-order valence-corrected chi connectivity index (χ0v) is 15.6. The quantitative estimate of drug-likeness (QED) is 0.758. The third-order valence-electron chi connectivity index (χ3n) is 3.15. The van der Waals surface area contributed by atoms with Crippen LogP contribution in [0, 0.1) is 6.92 Å². The number of carbonyl (C=O) groups excluding carboxylic acids is 1.